The van der Waals surface area contributed by atoms with E-state index in [0.29, 0.717) is 47.7 Å². The Morgan fingerprint density at radius 1 is 1.00 bits per heavy atom. The molecule has 2 heterocycles. The summed E-state index contributed by atoms with van der Waals surface area (Å²) in [5, 5.41) is 12.5. The van der Waals surface area contributed by atoms with Crippen molar-refractivity contribution in [2.45, 2.75) is 58.5 Å². The number of rotatable bonds is 8. The minimum atomic E-state index is -1.09. The van der Waals surface area contributed by atoms with Crippen molar-refractivity contribution < 1.29 is 19.5 Å². The Balaban J connectivity index is 1.31. The lowest BCUT2D eigenvalue weighted by atomic mass is 9.90. The average molecular weight is 547 g/mol. The van der Waals surface area contributed by atoms with Gasteiger partial charge in [0.1, 0.15) is 0 Å². The minimum absolute atomic E-state index is 0.0489. The number of Topliss-reactive ketones (excluding diaryl/α,β-unsaturated/α-hetero) is 1. The van der Waals surface area contributed by atoms with Gasteiger partial charge in [-0.2, -0.15) is 0 Å². The monoisotopic (exact) mass is 546 g/mol. The third kappa shape index (κ3) is 5.71. The molecule has 0 bridgehead atoms. The molecule has 40 heavy (non-hydrogen) atoms. The normalized spacial score (nSPS) is 17.3. The van der Waals surface area contributed by atoms with Crippen LogP contribution < -0.4 is 16.6 Å². The van der Waals surface area contributed by atoms with Crippen LogP contribution in [0.3, 0.4) is 0 Å². The zero-order chi connectivity index (χ0) is 28.6. The largest absolute Gasteiger partial charge is 0.478 e. The number of nitrogens with one attached hydrogen (secondary N) is 1. The first-order valence-corrected chi connectivity index (χ1v) is 13.8. The summed E-state index contributed by atoms with van der Waals surface area (Å²) in [6.45, 7) is 5.15. The summed E-state index contributed by atoms with van der Waals surface area (Å²) in [5.74, 6) is -0.930. The van der Waals surface area contributed by atoms with E-state index in [2.05, 4.69) is 5.32 Å². The lowest BCUT2D eigenvalue weighted by Crippen LogP contribution is -2.43. The summed E-state index contributed by atoms with van der Waals surface area (Å²) in [4.78, 5) is 65.4. The molecule has 10 nitrogen and oxygen atoms in total. The van der Waals surface area contributed by atoms with E-state index < -0.39 is 5.97 Å². The number of carboxylic acid groups (broad SMARTS) is 1. The number of aromatic carboxylic acids is 1. The molecule has 2 aromatic carbocycles. The average Bonchev–Trinajstić information content (AvgIpc) is 3.76. The van der Waals surface area contributed by atoms with E-state index in [1.165, 1.54) is 16.7 Å². The molecule has 1 aliphatic carbocycles. The maximum atomic E-state index is 13.3. The molecular weight excluding hydrogens is 512 g/mol. The van der Waals surface area contributed by atoms with Crippen LogP contribution in [0.5, 0.6) is 0 Å². The molecule has 1 atom stereocenters. The number of urea groups is 1. The molecule has 1 saturated heterocycles. The summed E-state index contributed by atoms with van der Waals surface area (Å²) in [7, 11) is 0. The Morgan fingerprint density at radius 2 is 1.75 bits per heavy atom. The van der Waals surface area contributed by atoms with Crippen molar-refractivity contribution in [1.29, 1.82) is 0 Å². The lowest BCUT2D eigenvalue weighted by Gasteiger charge is -2.32. The van der Waals surface area contributed by atoms with Crippen molar-refractivity contribution in [1.82, 2.24) is 14.0 Å². The lowest BCUT2D eigenvalue weighted by molar-refractivity contribution is 0.0697. The van der Waals surface area contributed by atoms with E-state index >= 15 is 0 Å². The number of hydrogen-bond acceptors (Lipinski definition) is 5. The van der Waals surface area contributed by atoms with Crippen LogP contribution in [0.25, 0.3) is 10.9 Å². The number of likely N-dealkylation sites (tertiary alicyclic amines) is 1. The molecule has 2 aliphatic rings. The van der Waals surface area contributed by atoms with E-state index in [1.54, 1.807) is 39.8 Å². The number of benzene rings is 2. The van der Waals surface area contributed by atoms with Gasteiger partial charge in [-0.25, -0.2) is 14.4 Å². The number of nitrogens with zero attached hydrogens (tertiary/aromatic N) is 3. The molecule has 210 valence electrons. The van der Waals surface area contributed by atoms with Gasteiger partial charge in [0.05, 0.1) is 16.5 Å². The van der Waals surface area contributed by atoms with Gasteiger partial charge in [-0.15, -0.1) is 0 Å². The van der Waals surface area contributed by atoms with Gasteiger partial charge in [0.25, 0.3) is 5.56 Å². The first-order valence-electron chi connectivity index (χ1n) is 13.8. The number of piperidine rings is 1. The second-order valence-corrected chi connectivity index (χ2v) is 11.2. The highest BCUT2D eigenvalue weighted by atomic mass is 16.4. The number of ketones is 1. The fourth-order valence-electron chi connectivity index (χ4n) is 5.50. The number of fused-ring (bicyclic) bond motifs is 1. The standard InChI is InChI=1S/C30H34N4O6/c1-18(2)34-25-11-10-23(15-24(25)27(36)33(30(34)40)17-19-8-9-19)31-29(39)32-12-4-5-20(16-32)13-26(35)21-6-3-7-22(14-21)28(37)38/h3,6-7,10-11,14-15,18-20H,4-5,8-9,12-13,16-17H2,1-2H3,(H,31,39)(H,37,38). The zero-order valence-corrected chi connectivity index (χ0v) is 22.8. The maximum absolute atomic E-state index is 13.3. The van der Waals surface area contributed by atoms with Gasteiger partial charge in [0.2, 0.25) is 0 Å². The summed E-state index contributed by atoms with van der Waals surface area (Å²) >= 11 is 0. The molecule has 2 amide bonds. The predicted octanol–water partition coefficient (Wildman–Crippen LogP) is 4.37. The van der Waals surface area contributed by atoms with Gasteiger partial charge in [-0.1, -0.05) is 12.1 Å². The van der Waals surface area contributed by atoms with Crippen molar-refractivity contribution in [2.24, 2.45) is 11.8 Å². The molecule has 0 spiro atoms. The third-order valence-corrected chi connectivity index (χ3v) is 7.79. The Bertz CT molecular complexity index is 1600. The van der Waals surface area contributed by atoms with Crippen LogP contribution in [0.15, 0.2) is 52.1 Å². The highest BCUT2D eigenvalue weighted by Crippen LogP contribution is 2.30. The highest BCUT2D eigenvalue weighted by molar-refractivity contribution is 5.99. The highest BCUT2D eigenvalue weighted by Gasteiger charge is 2.27. The van der Waals surface area contributed by atoms with Gasteiger partial charge in [-0.05, 0) is 81.7 Å². The predicted molar refractivity (Wildman–Crippen MR) is 151 cm³/mol. The fourth-order valence-corrected chi connectivity index (χ4v) is 5.50. The van der Waals surface area contributed by atoms with E-state index in [-0.39, 0.29) is 47.0 Å². The van der Waals surface area contributed by atoms with Crippen LogP contribution in [0.2, 0.25) is 0 Å². The van der Waals surface area contributed by atoms with Crippen LogP contribution in [-0.4, -0.2) is 50.0 Å². The number of carbonyl (C=O) groups is 3. The van der Waals surface area contributed by atoms with Gasteiger partial charge >= 0.3 is 17.7 Å². The van der Waals surface area contributed by atoms with E-state index in [1.807, 2.05) is 13.8 Å². The number of carboxylic acids is 1. The van der Waals surface area contributed by atoms with Crippen molar-refractivity contribution in [2.75, 3.05) is 18.4 Å². The van der Waals surface area contributed by atoms with Crippen molar-refractivity contribution >= 4 is 34.4 Å². The van der Waals surface area contributed by atoms with Crippen molar-refractivity contribution in [3.05, 3.63) is 74.4 Å². The first kappa shape index (κ1) is 27.4. The Labute approximate surface area is 231 Å². The van der Waals surface area contributed by atoms with Crippen LogP contribution in [0.1, 0.15) is 72.7 Å². The maximum Gasteiger partial charge on any atom is 0.335 e. The first-order chi connectivity index (χ1) is 19.1. The van der Waals surface area contributed by atoms with Gasteiger partial charge in [0, 0.05) is 43.3 Å². The summed E-state index contributed by atoms with van der Waals surface area (Å²) < 4.78 is 2.95. The second kappa shape index (κ2) is 11.1. The van der Waals surface area contributed by atoms with Crippen LogP contribution >= 0.6 is 0 Å². The number of carbonyl (C=O) groups excluding carboxylic acids is 2. The molecule has 1 aliphatic heterocycles. The van der Waals surface area contributed by atoms with Crippen LogP contribution in [0.4, 0.5) is 10.5 Å². The topological polar surface area (TPSA) is 131 Å². The summed E-state index contributed by atoms with van der Waals surface area (Å²) in [6.07, 6.45) is 3.77. The van der Waals surface area contributed by atoms with Gasteiger partial charge in [0.15, 0.2) is 5.78 Å². The quantitative estimate of drug-likeness (QED) is 0.404. The SMILES string of the molecule is CC(C)n1c(=O)n(CC2CC2)c(=O)c2cc(NC(=O)N3CCCC(CC(=O)c4cccc(C(=O)O)c4)C3)ccc21. The van der Waals surface area contributed by atoms with Crippen LogP contribution in [-0.2, 0) is 6.54 Å². The van der Waals surface area contributed by atoms with Crippen molar-refractivity contribution in [3.63, 3.8) is 0 Å². The molecule has 2 fully saturated rings. The number of anilines is 1. The van der Waals surface area contributed by atoms with Crippen LogP contribution in [0, 0.1) is 11.8 Å². The van der Waals surface area contributed by atoms with Gasteiger partial charge < -0.3 is 15.3 Å². The number of amides is 2. The molecule has 5 rings (SSSR count). The smallest absolute Gasteiger partial charge is 0.335 e. The molecule has 3 aromatic rings. The second-order valence-electron chi connectivity index (χ2n) is 11.2. The van der Waals surface area contributed by atoms with Crippen molar-refractivity contribution in [3.8, 4) is 0 Å². The Kier molecular flexibility index (Phi) is 7.60. The minimum Gasteiger partial charge on any atom is -0.478 e. The molecular formula is C30H34N4O6. The fraction of sp³-hybridized carbons (Fsp3) is 0.433. The number of aromatic nitrogens is 2. The molecule has 2 N–H and O–H groups in total. The molecule has 0 radical (unpaired) electrons. The molecule has 1 unspecified atom stereocenters. The van der Waals surface area contributed by atoms with E-state index in [0.717, 1.165) is 25.7 Å². The van der Waals surface area contributed by atoms with Gasteiger partial charge in [-0.3, -0.25) is 18.7 Å². The molecule has 10 heteroatoms. The Morgan fingerprint density at radius 3 is 2.45 bits per heavy atom. The van der Waals surface area contributed by atoms with E-state index in [9.17, 15) is 29.1 Å². The summed E-state index contributed by atoms with van der Waals surface area (Å²) in [5.41, 5.74) is 0.771. The third-order valence-electron chi connectivity index (χ3n) is 7.79. The molecule has 1 aromatic heterocycles. The Hall–Kier alpha value is -4.21. The van der Waals surface area contributed by atoms with E-state index in [4.69, 9.17) is 0 Å². The number of hydrogen-bond donors (Lipinski definition) is 2. The molecule has 1 saturated carbocycles. The zero-order valence-electron chi connectivity index (χ0n) is 22.8. The summed E-state index contributed by atoms with van der Waals surface area (Å²) in [6, 6.07) is 10.6.